The van der Waals surface area contributed by atoms with E-state index in [1.54, 1.807) is 25.2 Å². The van der Waals surface area contributed by atoms with Crippen LogP contribution in [-0.2, 0) is 22.7 Å². The average molecular weight is 484 g/mol. The summed E-state index contributed by atoms with van der Waals surface area (Å²) in [6.45, 7) is 1.12. The zero-order valence-corrected chi connectivity index (χ0v) is 18.1. The molecule has 2 heterocycles. The van der Waals surface area contributed by atoms with E-state index >= 15 is 0 Å². The van der Waals surface area contributed by atoms with E-state index in [1.807, 2.05) is 12.1 Å². The van der Waals surface area contributed by atoms with Crippen molar-refractivity contribution >= 4 is 17.8 Å². The number of benzene rings is 1. The van der Waals surface area contributed by atoms with E-state index in [0.29, 0.717) is 43.1 Å². The second-order valence-electron chi connectivity index (χ2n) is 7.19. The molecule has 0 saturated carbocycles. The Labute approximate surface area is 192 Å². The molecule has 1 amide bonds. The number of nitrogens with zero attached hydrogens (tertiary/aromatic N) is 3. The minimum Gasteiger partial charge on any atom is -0.475 e. The number of carboxylic acid groups (broad SMARTS) is 1. The molecule has 1 saturated heterocycles. The van der Waals surface area contributed by atoms with Gasteiger partial charge in [0.05, 0.1) is 12.2 Å². The van der Waals surface area contributed by atoms with Gasteiger partial charge in [0.15, 0.2) is 5.78 Å². The molecule has 1 fully saturated rings. The van der Waals surface area contributed by atoms with Crippen molar-refractivity contribution in [2.45, 2.75) is 38.3 Å². The quantitative estimate of drug-likeness (QED) is 0.540. The van der Waals surface area contributed by atoms with Gasteiger partial charge in [-0.05, 0) is 18.1 Å². The number of halogens is 3. The molecule has 0 bridgehead atoms. The highest BCUT2D eigenvalue weighted by Gasteiger charge is 2.38. The molecule has 0 aliphatic carbocycles. The first kappa shape index (κ1) is 26.5. The van der Waals surface area contributed by atoms with Crippen molar-refractivity contribution in [1.82, 2.24) is 14.9 Å². The Morgan fingerprint density at radius 2 is 2.00 bits per heavy atom. The van der Waals surface area contributed by atoms with Crippen LogP contribution in [0.4, 0.5) is 18.0 Å². The summed E-state index contributed by atoms with van der Waals surface area (Å²) in [4.78, 5) is 42.3. The second kappa shape index (κ2) is 11.9. The van der Waals surface area contributed by atoms with Crippen LogP contribution in [0.1, 0.15) is 34.5 Å². The van der Waals surface area contributed by atoms with Crippen LogP contribution in [0.5, 0.6) is 5.88 Å². The van der Waals surface area contributed by atoms with Crippen molar-refractivity contribution in [2.75, 3.05) is 13.6 Å². The van der Waals surface area contributed by atoms with Gasteiger partial charge in [0, 0.05) is 31.6 Å². The predicted molar refractivity (Wildman–Crippen MR) is 111 cm³/mol. The summed E-state index contributed by atoms with van der Waals surface area (Å²) in [5.74, 6) is -2.31. The van der Waals surface area contributed by atoms with Crippen molar-refractivity contribution in [3.05, 3.63) is 53.5 Å². The number of carbonyl (C=O) groups excluding carboxylic acids is 2. The van der Waals surface area contributed by atoms with Crippen molar-refractivity contribution < 1.29 is 42.1 Å². The number of aromatic nitrogens is 2. The lowest BCUT2D eigenvalue weighted by atomic mass is 10.0. The number of cyclic esters (lactones) is 1. The van der Waals surface area contributed by atoms with E-state index in [9.17, 15) is 22.8 Å². The van der Waals surface area contributed by atoms with Crippen molar-refractivity contribution in [2.24, 2.45) is 5.73 Å². The summed E-state index contributed by atoms with van der Waals surface area (Å²) < 4.78 is 42.6. The molecule has 3 N–H and O–H groups in total. The summed E-state index contributed by atoms with van der Waals surface area (Å²) in [7, 11) is 1.68. The highest BCUT2D eigenvalue weighted by atomic mass is 19.4. The molecule has 10 nitrogen and oxygen atoms in total. The van der Waals surface area contributed by atoms with Gasteiger partial charge in [0.1, 0.15) is 19.0 Å². The number of carbonyl (C=O) groups is 3. The van der Waals surface area contributed by atoms with Gasteiger partial charge in [-0.15, -0.1) is 0 Å². The maximum atomic E-state index is 12.4. The maximum Gasteiger partial charge on any atom is 0.490 e. The molecule has 34 heavy (non-hydrogen) atoms. The summed E-state index contributed by atoms with van der Waals surface area (Å²) in [5, 5.41) is 7.12. The van der Waals surface area contributed by atoms with Crippen LogP contribution in [0.25, 0.3) is 0 Å². The number of amides is 1. The fourth-order valence-electron chi connectivity index (χ4n) is 2.80. The number of ketones is 1. The number of likely N-dealkylation sites (N-methyl/N-ethyl adjacent to an activating group) is 1. The first-order chi connectivity index (χ1) is 16.0. The lowest BCUT2D eigenvalue weighted by Gasteiger charge is -2.09. The number of rotatable bonds is 8. The molecule has 1 atom stereocenters. The Balaban J connectivity index is 0.000000509. The number of ether oxygens (including phenoxy) is 2. The first-order valence-electron chi connectivity index (χ1n) is 9.97. The van der Waals surface area contributed by atoms with Crippen LogP contribution in [0.2, 0.25) is 0 Å². The predicted octanol–water partition coefficient (Wildman–Crippen LogP) is 2.56. The van der Waals surface area contributed by atoms with E-state index in [4.69, 9.17) is 25.1 Å². The molecule has 1 aliphatic heterocycles. The molecular weight excluding hydrogens is 461 g/mol. The topological polar surface area (TPSA) is 145 Å². The minimum absolute atomic E-state index is 0.00917. The van der Waals surface area contributed by atoms with Crippen LogP contribution >= 0.6 is 0 Å². The van der Waals surface area contributed by atoms with Crippen molar-refractivity contribution in [1.29, 1.82) is 0 Å². The zero-order chi connectivity index (χ0) is 25.3. The number of hydrogen-bond acceptors (Lipinski definition) is 8. The molecule has 0 spiro atoms. The molecule has 1 aliphatic rings. The molecule has 1 aromatic heterocycles. The Morgan fingerprint density at radius 1 is 1.29 bits per heavy atom. The molecule has 1 aromatic carbocycles. The average Bonchev–Trinajstić information content (AvgIpc) is 3.13. The van der Waals surface area contributed by atoms with Crippen LogP contribution in [0.15, 0.2) is 36.7 Å². The van der Waals surface area contributed by atoms with Gasteiger partial charge in [0.25, 0.3) is 0 Å². The maximum absolute atomic E-state index is 12.4. The van der Waals surface area contributed by atoms with Crippen LogP contribution in [-0.4, -0.2) is 63.7 Å². The monoisotopic (exact) mass is 484 g/mol. The van der Waals surface area contributed by atoms with Gasteiger partial charge in [0.2, 0.25) is 5.88 Å². The van der Waals surface area contributed by atoms with Gasteiger partial charge in [-0.3, -0.25) is 4.79 Å². The number of carboxylic acids is 1. The van der Waals surface area contributed by atoms with E-state index in [-0.39, 0.29) is 24.6 Å². The van der Waals surface area contributed by atoms with Gasteiger partial charge in [-0.2, -0.15) is 13.2 Å². The molecule has 0 radical (unpaired) electrons. The van der Waals surface area contributed by atoms with Crippen molar-refractivity contribution in [3.8, 4) is 5.88 Å². The number of hydrogen-bond donors (Lipinski definition) is 2. The standard InChI is InChI=1S/C19H22N4O4.C2HF3O2/c1-23-10-16(27-19(23)25)5-6-17(24)14-4-2-3-13(7-14)11-26-18-8-15(9-20)21-12-22-18;3-2(4,5)1(6)7/h2-4,7-8,12,16H,5-6,9-11,20H2,1H3;(H,6,7). The fraction of sp³-hybridized carbons (Fsp3) is 0.381. The molecule has 184 valence electrons. The lowest BCUT2D eigenvalue weighted by Crippen LogP contribution is -2.21. The Hall–Kier alpha value is -3.74. The smallest absolute Gasteiger partial charge is 0.475 e. The van der Waals surface area contributed by atoms with E-state index < -0.39 is 12.1 Å². The first-order valence-corrected chi connectivity index (χ1v) is 9.97. The number of nitrogens with two attached hydrogens (primary N) is 1. The molecular formula is C21H23F3N4O6. The Morgan fingerprint density at radius 3 is 2.59 bits per heavy atom. The van der Waals surface area contributed by atoms with Crippen LogP contribution in [0.3, 0.4) is 0 Å². The third-order valence-corrected chi connectivity index (χ3v) is 4.54. The summed E-state index contributed by atoms with van der Waals surface area (Å²) in [6.07, 6.45) is -3.41. The number of aliphatic carboxylic acids is 1. The van der Waals surface area contributed by atoms with Gasteiger partial charge >= 0.3 is 18.2 Å². The molecule has 3 rings (SSSR count). The van der Waals surface area contributed by atoms with Crippen molar-refractivity contribution in [3.63, 3.8) is 0 Å². The minimum atomic E-state index is -5.08. The molecule has 13 heteroatoms. The molecule has 2 aromatic rings. The summed E-state index contributed by atoms with van der Waals surface area (Å²) in [5.41, 5.74) is 7.72. The van der Waals surface area contributed by atoms with Gasteiger partial charge < -0.3 is 25.2 Å². The zero-order valence-electron chi connectivity index (χ0n) is 18.1. The Kier molecular flexibility index (Phi) is 9.30. The van der Waals surface area contributed by atoms with E-state index in [0.717, 1.165) is 5.56 Å². The summed E-state index contributed by atoms with van der Waals surface area (Å²) >= 11 is 0. The third-order valence-electron chi connectivity index (χ3n) is 4.54. The molecule has 1 unspecified atom stereocenters. The van der Waals surface area contributed by atoms with Crippen LogP contribution in [0, 0.1) is 0 Å². The Bertz CT molecular complexity index is 1020. The SMILES string of the molecule is CN1CC(CCC(=O)c2cccc(COc3cc(CN)ncn3)c2)OC1=O.O=C(O)C(F)(F)F. The van der Waals surface area contributed by atoms with E-state index in [2.05, 4.69) is 9.97 Å². The second-order valence-corrected chi connectivity index (χ2v) is 7.19. The fourth-order valence-corrected chi connectivity index (χ4v) is 2.80. The summed E-state index contributed by atoms with van der Waals surface area (Å²) in [6, 6.07) is 8.97. The highest BCUT2D eigenvalue weighted by molar-refractivity contribution is 5.96. The normalized spacial score (nSPS) is 15.3. The number of Topliss-reactive ketones (excluding diaryl/α,β-unsaturated/α-hetero) is 1. The highest BCUT2D eigenvalue weighted by Crippen LogP contribution is 2.17. The van der Waals surface area contributed by atoms with E-state index in [1.165, 1.54) is 11.2 Å². The van der Waals surface area contributed by atoms with Gasteiger partial charge in [-0.1, -0.05) is 18.2 Å². The number of alkyl halides is 3. The van der Waals surface area contributed by atoms with Crippen LogP contribution < -0.4 is 10.5 Å². The largest absolute Gasteiger partial charge is 0.490 e. The lowest BCUT2D eigenvalue weighted by molar-refractivity contribution is -0.192. The van der Waals surface area contributed by atoms with Gasteiger partial charge in [-0.25, -0.2) is 19.6 Å². The third kappa shape index (κ3) is 8.31.